The Balaban J connectivity index is 1.81. The highest BCUT2D eigenvalue weighted by atomic mass is 19.1. The second-order valence-electron chi connectivity index (χ2n) is 7.91. The highest BCUT2D eigenvalue weighted by Crippen LogP contribution is 2.29. The first-order valence-electron chi connectivity index (χ1n) is 8.86. The number of benzene rings is 1. The average molecular weight is 360 g/mol. The molecule has 1 aromatic carbocycles. The lowest BCUT2D eigenvalue weighted by Crippen LogP contribution is -2.51. The number of ether oxygens (including phenoxy) is 1. The summed E-state index contributed by atoms with van der Waals surface area (Å²) in [5.74, 6) is -0.0224. The van der Waals surface area contributed by atoms with Crippen molar-refractivity contribution >= 4 is 22.8 Å². The molecule has 1 saturated heterocycles. The summed E-state index contributed by atoms with van der Waals surface area (Å²) in [5, 5.41) is 2.95. The van der Waals surface area contributed by atoms with Gasteiger partial charge in [0.15, 0.2) is 5.82 Å². The van der Waals surface area contributed by atoms with Gasteiger partial charge >= 0.3 is 6.09 Å². The van der Waals surface area contributed by atoms with Gasteiger partial charge < -0.3 is 15.0 Å². The van der Waals surface area contributed by atoms with Crippen molar-refractivity contribution in [3.05, 3.63) is 30.3 Å². The molecule has 2 heterocycles. The Hall–Kier alpha value is -2.44. The number of carbonyl (C=O) groups excluding carboxylic acids is 1. The summed E-state index contributed by atoms with van der Waals surface area (Å²) >= 11 is 0. The third-order valence-electron chi connectivity index (χ3n) is 4.28. The number of piperidine rings is 1. The van der Waals surface area contributed by atoms with Crippen LogP contribution in [0.15, 0.2) is 24.5 Å². The molecular weight excluding hydrogens is 335 g/mol. The van der Waals surface area contributed by atoms with Crippen molar-refractivity contribution in [2.45, 2.75) is 45.8 Å². The smallest absolute Gasteiger partial charge is 0.407 e. The number of rotatable bonds is 2. The van der Waals surface area contributed by atoms with E-state index in [1.54, 1.807) is 12.3 Å². The second kappa shape index (κ2) is 7.05. The first-order chi connectivity index (χ1) is 12.2. The number of carbonyl (C=O) groups is 1. The number of hydrogen-bond donors (Lipinski definition) is 1. The highest BCUT2D eigenvalue weighted by molar-refractivity contribution is 5.88. The molecule has 26 heavy (non-hydrogen) atoms. The molecule has 0 radical (unpaired) electrons. The van der Waals surface area contributed by atoms with Gasteiger partial charge in [0.05, 0.1) is 5.69 Å². The third kappa shape index (κ3) is 4.20. The van der Waals surface area contributed by atoms with Crippen LogP contribution in [-0.2, 0) is 4.74 Å². The lowest BCUT2D eigenvalue weighted by atomic mass is 9.95. The quantitative estimate of drug-likeness (QED) is 0.888. The van der Waals surface area contributed by atoms with Crippen molar-refractivity contribution in [2.24, 2.45) is 5.92 Å². The van der Waals surface area contributed by atoms with Gasteiger partial charge in [0.25, 0.3) is 0 Å². The maximum atomic E-state index is 14.0. The van der Waals surface area contributed by atoms with Crippen LogP contribution in [0, 0.1) is 11.7 Å². The molecule has 140 valence electrons. The van der Waals surface area contributed by atoms with Gasteiger partial charge in [-0.25, -0.2) is 14.2 Å². The zero-order valence-corrected chi connectivity index (χ0v) is 15.6. The van der Waals surface area contributed by atoms with Crippen LogP contribution in [-0.4, -0.2) is 40.8 Å². The van der Waals surface area contributed by atoms with E-state index in [9.17, 15) is 9.18 Å². The predicted molar refractivity (Wildman–Crippen MR) is 98.6 cm³/mol. The second-order valence-corrected chi connectivity index (χ2v) is 7.91. The normalized spacial score (nSPS) is 20.9. The first-order valence-corrected chi connectivity index (χ1v) is 8.86. The van der Waals surface area contributed by atoms with Gasteiger partial charge in [-0.05, 0) is 45.2 Å². The van der Waals surface area contributed by atoms with Gasteiger partial charge in [0.2, 0.25) is 0 Å². The molecule has 2 aromatic rings. The van der Waals surface area contributed by atoms with Crippen molar-refractivity contribution in [3.8, 4) is 0 Å². The van der Waals surface area contributed by atoms with Crippen LogP contribution >= 0.6 is 0 Å². The number of hydrogen-bond acceptors (Lipinski definition) is 5. The standard InChI is InChI=1S/C19H25FN4O2/c1-12-9-13(23-18(25)26-19(2,3)4)11-24(10-12)15-6-5-14(20)16-17(15)22-8-7-21-16/h5-8,12-13H,9-11H2,1-4H3,(H,23,25). The van der Waals surface area contributed by atoms with Crippen LogP contribution in [0.3, 0.4) is 0 Å². The molecular formula is C19H25FN4O2. The Labute approximate surface area is 152 Å². The van der Waals surface area contributed by atoms with E-state index >= 15 is 0 Å². The van der Waals surface area contributed by atoms with Gasteiger partial charge in [-0.2, -0.15) is 0 Å². The Morgan fingerprint density at radius 3 is 2.62 bits per heavy atom. The number of nitrogens with zero attached hydrogens (tertiary/aromatic N) is 3. The van der Waals surface area contributed by atoms with Gasteiger partial charge in [-0.3, -0.25) is 4.98 Å². The Bertz CT molecular complexity index is 806. The number of aromatic nitrogens is 2. The minimum absolute atomic E-state index is 0.0506. The summed E-state index contributed by atoms with van der Waals surface area (Å²) in [6.07, 6.45) is 3.50. The summed E-state index contributed by atoms with van der Waals surface area (Å²) in [4.78, 5) is 22.7. The van der Waals surface area contributed by atoms with E-state index < -0.39 is 11.7 Å². The van der Waals surface area contributed by atoms with Crippen molar-refractivity contribution in [2.75, 3.05) is 18.0 Å². The van der Waals surface area contributed by atoms with E-state index in [4.69, 9.17) is 4.74 Å². The molecule has 0 aliphatic carbocycles. The zero-order valence-electron chi connectivity index (χ0n) is 15.6. The third-order valence-corrected chi connectivity index (χ3v) is 4.28. The summed E-state index contributed by atoms with van der Waals surface area (Å²) in [5.41, 5.74) is 1.10. The Morgan fingerprint density at radius 2 is 1.92 bits per heavy atom. The highest BCUT2D eigenvalue weighted by Gasteiger charge is 2.29. The van der Waals surface area contributed by atoms with E-state index in [0.29, 0.717) is 18.0 Å². The number of nitrogens with one attached hydrogen (secondary N) is 1. The van der Waals surface area contributed by atoms with E-state index in [0.717, 1.165) is 18.7 Å². The topological polar surface area (TPSA) is 67.3 Å². The van der Waals surface area contributed by atoms with Crippen LogP contribution in [0.4, 0.5) is 14.9 Å². The predicted octanol–water partition coefficient (Wildman–Crippen LogP) is 3.51. The number of anilines is 1. The van der Waals surface area contributed by atoms with Gasteiger partial charge in [0.1, 0.15) is 16.6 Å². The van der Waals surface area contributed by atoms with Crippen molar-refractivity contribution < 1.29 is 13.9 Å². The van der Waals surface area contributed by atoms with Crippen molar-refractivity contribution in [1.29, 1.82) is 0 Å². The van der Waals surface area contributed by atoms with E-state index in [2.05, 4.69) is 27.1 Å². The molecule has 7 heteroatoms. The fourth-order valence-electron chi connectivity index (χ4n) is 3.39. The van der Waals surface area contributed by atoms with Crippen LogP contribution in [0.2, 0.25) is 0 Å². The number of fused-ring (bicyclic) bond motifs is 1. The van der Waals surface area contributed by atoms with E-state index in [-0.39, 0.29) is 17.4 Å². The first kappa shape index (κ1) is 18.4. The maximum Gasteiger partial charge on any atom is 0.407 e. The summed E-state index contributed by atoms with van der Waals surface area (Å²) in [6.45, 7) is 9.07. The summed E-state index contributed by atoms with van der Waals surface area (Å²) in [6, 6.07) is 3.10. The Morgan fingerprint density at radius 1 is 1.23 bits per heavy atom. The zero-order chi connectivity index (χ0) is 18.9. The number of alkyl carbamates (subject to hydrolysis) is 1. The molecule has 1 aliphatic heterocycles. The average Bonchev–Trinajstić information content (AvgIpc) is 2.53. The largest absolute Gasteiger partial charge is 0.444 e. The van der Waals surface area contributed by atoms with Gasteiger partial charge in [-0.15, -0.1) is 0 Å². The monoisotopic (exact) mass is 360 g/mol. The minimum Gasteiger partial charge on any atom is -0.444 e. The lowest BCUT2D eigenvalue weighted by molar-refractivity contribution is 0.0495. The van der Waals surface area contributed by atoms with E-state index in [1.807, 2.05) is 20.8 Å². The molecule has 1 N–H and O–H groups in total. The molecule has 1 aliphatic rings. The van der Waals surface area contributed by atoms with Gasteiger partial charge in [-0.1, -0.05) is 6.92 Å². The van der Waals surface area contributed by atoms with E-state index in [1.165, 1.54) is 12.3 Å². The Kier molecular flexibility index (Phi) is 4.98. The molecule has 1 aromatic heterocycles. The summed E-state index contributed by atoms with van der Waals surface area (Å²) < 4.78 is 19.4. The molecule has 0 spiro atoms. The van der Waals surface area contributed by atoms with Gasteiger partial charge in [0, 0.05) is 31.5 Å². The molecule has 2 unspecified atom stereocenters. The SMILES string of the molecule is CC1CC(NC(=O)OC(C)(C)C)CN(c2ccc(F)c3nccnc23)C1. The van der Waals surface area contributed by atoms with Crippen LogP contribution in [0.25, 0.3) is 11.0 Å². The van der Waals surface area contributed by atoms with Crippen molar-refractivity contribution in [1.82, 2.24) is 15.3 Å². The maximum absolute atomic E-state index is 14.0. The molecule has 3 rings (SSSR count). The van der Waals surface area contributed by atoms with Crippen molar-refractivity contribution in [3.63, 3.8) is 0 Å². The minimum atomic E-state index is -0.535. The van der Waals surface area contributed by atoms with Crippen LogP contribution in [0.5, 0.6) is 0 Å². The molecule has 0 bridgehead atoms. The lowest BCUT2D eigenvalue weighted by Gasteiger charge is -2.38. The molecule has 1 amide bonds. The van der Waals surface area contributed by atoms with Crippen LogP contribution < -0.4 is 10.2 Å². The molecule has 1 fully saturated rings. The fourth-order valence-corrected chi connectivity index (χ4v) is 3.39. The number of halogens is 1. The molecule has 2 atom stereocenters. The van der Waals surface area contributed by atoms with Crippen LogP contribution in [0.1, 0.15) is 34.1 Å². The molecule has 6 nitrogen and oxygen atoms in total. The summed E-state index contributed by atoms with van der Waals surface area (Å²) in [7, 11) is 0. The fraction of sp³-hybridized carbons (Fsp3) is 0.526. The number of amides is 1. The molecule has 0 saturated carbocycles.